The topological polar surface area (TPSA) is 24.5 Å². The van der Waals surface area contributed by atoms with E-state index in [4.69, 9.17) is 0 Å². The lowest BCUT2D eigenvalue weighted by molar-refractivity contribution is 0.260. The van der Waals surface area contributed by atoms with Crippen molar-refractivity contribution in [2.75, 3.05) is 40.3 Å². The average molecular weight is 312 g/mol. The summed E-state index contributed by atoms with van der Waals surface area (Å²) >= 11 is 0. The van der Waals surface area contributed by atoms with Gasteiger partial charge in [-0.25, -0.2) is 13.2 Å². The number of rotatable bonds is 8. The molecule has 0 saturated heterocycles. The van der Waals surface area contributed by atoms with E-state index in [1.807, 2.05) is 19.0 Å². The third-order valence-corrected chi connectivity index (χ3v) is 2.65. The van der Waals surface area contributed by atoms with Crippen molar-refractivity contribution >= 4 is 0 Å². The predicted molar refractivity (Wildman–Crippen MR) is 67.8 cm³/mol. The first-order valence-electron chi connectivity index (χ1n) is 6.36. The van der Waals surface area contributed by atoms with Gasteiger partial charge < -0.3 is 15.0 Å². The van der Waals surface area contributed by atoms with E-state index in [1.54, 1.807) is 0 Å². The van der Waals surface area contributed by atoms with Gasteiger partial charge in [0.1, 0.15) is 6.61 Å². The lowest BCUT2D eigenvalue weighted by Gasteiger charge is -2.12. The molecule has 0 aliphatic rings. The quantitative estimate of drug-likeness (QED) is 0.345. The molecule has 0 radical (unpaired) electrons. The molecule has 0 aliphatic carbocycles. The van der Waals surface area contributed by atoms with Crippen molar-refractivity contribution in [3.8, 4) is 5.75 Å². The summed E-state index contributed by atoms with van der Waals surface area (Å²) in [5.41, 5.74) is 0. The second-order valence-electron chi connectivity index (χ2n) is 4.65. The Labute approximate surface area is 119 Å². The fraction of sp³-hybridized carbons (Fsp3) is 0.538. The van der Waals surface area contributed by atoms with Crippen LogP contribution in [0.2, 0.25) is 0 Å². The van der Waals surface area contributed by atoms with Gasteiger partial charge in [0.05, 0.1) is 0 Å². The third kappa shape index (κ3) is 4.82. The molecule has 0 unspecified atom stereocenters. The van der Waals surface area contributed by atoms with Gasteiger partial charge in [-0.1, -0.05) is 0 Å². The second kappa shape index (κ2) is 8.14. The summed E-state index contributed by atoms with van der Waals surface area (Å²) in [5, 5.41) is 2.93. The van der Waals surface area contributed by atoms with Gasteiger partial charge in [-0.3, -0.25) is 0 Å². The summed E-state index contributed by atoms with van der Waals surface area (Å²) in [5.74, 6) is -11.4. The Morgan fingerprint density at radius 3 is 1.90 bits per heavy atom. The molecule has 21 heavy (non-hydrogen) atoms. The minimum absolute atomic E-state index is 0.208. The highest BCUT2D eigenvalue weighted by atomic mass is 19.2. The minimum atomic E-state index is -2.20. The largest absolute Gasteiger partial charge is 0.486 e. The fourth-order valence-corrected chi connectivity index (χ4v) is 1.58. The molecule has 0 atom stereocenters. The molecule has 0 saturated carbocycles. The molecule has 0 bridgehead atoms. The Hall–Kier alpha value is -1.41. The molecule has 0 fully saturated rings. The van der Waals surface area contributed by atoms with Crippen LogP contribution in [0.1, 0.15) is 6.42 Å². The molecule has 1 rings (SSSR count). The van der Waals surface area contributed by atoms with E-state index < -0.39 is 34.8 Å². The summed E-state index contributed by atoms with van der Waals surface area (Å²) in [6, 6.07) is 0. The van der Waals surface area contributed by atoms with Gasteiger partial charge in [0.2, 0.25) is 29.1 Å². The Balaban J connectivity index is 2.46. The van der Waals surface area contributed by atoms with Crippen molar-refractivity contribution in [1.29, 1.82) is 0 Å². The Morgan fingerprint density at radius 2 is 1.38 bits per heavy atom. The lowest BCUT2D eigenvalue weighted by atomic mass is 10.2. The molecular formula is C13H17F5N2O. The van der Waals surface area contributed by atoms with Gasteiger partial charge in [0, 0.05) is 6.54 Å². The van der Waals surface area contributed by atoms with Crippen LogP contribution < -0.4 is 10.1 Å². The molecule has 1 aromatic carbocycles. The van der Waals surface area contributed by atoms with Crippen LogP contribution in [0.5, 0.6) is 5.75 Å². The molecule has 0 amide bonds. The van der Waals surface area contributed by atoms with Gasteiger partial charge in [0.25, 0.3) is 0 Å². The van der Waals surface area contributed by atoms with Crippen LogP contribution >= 0.6 is 0 Å². The highest BCUT2D eigenvalue weighted by Crippen LogP contribution is 2.28. The van der Waals surface area contributed by atoms with E-state index >= 15 is 0 Å². The first-order valence-corrected chi connectivity index (χ1v) is 6.36. The second-order valence-corrected chi connectivity index (χ2v) is 4.65. The lowest BCUT2D eigenvalue weighted by Crippen LogP contribution is -2.25. The monoisotopic (exact) mass is 312 g/mol. The maximum absolute atomic E-state index is 13.2. The first kappa shape index (κ1) is 17.6. The van der Waals surface area contributed by atoms with Gasteiger partial charge in [-0.15, -0.1) is 0 Å². The molecule has 0 spiro atoms. The van der Waals surface area contributed by atoms with Crippen LogP contribution in [-0.2, 0) is 0 Å². The number of hydrogen-bond acceptors (Lipinski definition) is 3. The molecule has 120 valence electrons. The van der Waals surface area contributed by atoms with E-state index in [9.17, 15) is 22.0 Å². The smallest absolute Gasteiger partial charge is 0.206 e. The summed E-state index contributed by atoms with van der Waals surface area (Å²) < 4.78 is 69.7. The van der Waals surface area contributed by atoms with E-state index in [-0.39, 0.29) is 13.2 Å². The Morgan fingerprint density at radius 1 is 0.857 bits per heavy atom. The molecular weight excluding hydrogens is 295 g/mol. The summed E-state index contributed by atoms with van der Waals surface area (Å²) in [7, 11) is 3.85. The SMILES string of the molecule is CN(C)CCCNCCOc1c(F)c(F)c(F)c(F)c1F. The average Bonchev–Trinajstić information content (AvgIpc) is 2.45. The predicted octanol–water partition coefficient (Wildman–Crippen LogP) is 2.30. The molecule has 1 aromatic rings. The van der Waals surface area contributed by atoms with Gasteiger partial charge >= 0.3 is 0 Å². The zero-order valence-corrected chi connectivity index (χ0v) is 11.8. The number of ether oxygens (including phenoxy) is 1. The van der Waals surface area contributed by atoms with E-state index in [0.29, 0.717) is 6.54 Å². The van der Waals surface area contributed by atoms with Crippen molar-refractivity contribution in [3.05, 3.63) is 29.1 Å². The van der Waals surface area contributed by atoms with Crippen LogP contribution in [0.25, 0.3) is 0 Å². The molecule has 0 aliphatic heterocycles. The van der Waals surface area contributed by atoms with Crippen molar-refractivity contribution in [2.24, 2.45) is 0 Å². The van der Waals surface area contributed by atoms with Crippen molar-refractivity contribution in [1.82, 2.24) is 10.2 Å². The fourth-order valence-electron chi connectivity index (χ4n) is 1.58. The van der Waals surface area contributed by atoms with E-state index in [0.717, 1.165) is 13.0 Å². The van der Waals surface area contributed by atoms with E-state index in [1.165, 1.54) is 0 Å². The van der Waals surface area contributed by atoms with Crippen LogP contribution in [0.4, 0.5) is 22.0 Å². The van der Waals surface area contributed by atoms with E-state index in [2.05, 4.69) is 10.1 Å². The maximum atomic E-state index is 13.2. The van der Waals surface area contributed by atoms with Crippen LogP contribution in [0.3, 0.4) is 0 Å². The molecule has 3 nitrogen and oxygen atoms in total. The van der Waals surface area contributed by atoms with Crippen LogP contribution in [0.15, 0.2) is 0 Å². The van der Waals surface area contributed by atoms with Crippen molar-refractivity contribution in [3.63, 3.8) is 0 Å². The van der Waals surface area contributed by atoms with Crippen LogP contribution in [-0.4, -0.2) is 45.2 Å². The summed E-state index contributed by atoms with van der Waals surface area (Å²) in [6.07, 6.45) is 0.857. The zero-order chi connectivity index (χ0) is 16.0. The highest BCUT2D eigenvalue weighted by Gasteiger charge is 2.26. The molecule has 0 aromatic heterocycles. The number of nitrogens with one attached hydrogen (secondary N) is 1. The third-order valence-electron chi connectivity index (χ3n) is 2.65. The minimum Gasteiger partial charge on any atom is -0.486 e. The molecule has 0 heterocycles. The summed E-state index contributed by atoms with van der Waals surface area (Å²) in [4.78, 5) is 1.99. The summed E-state index contributed by atoms with van der Waals surface area (Å²) in [6.45, 7) is 1.54. The maximum Gasteiger partial charge on any atom is 0.206 e. The number of nitrogens with zero attached hydrogens (tertiary/aromatic N) is 1. The van der Waals surface area contributed by atoms with Crippen LogP contribution in [0, 0.1) is 29.1 Å². The van der Waals surface area contributed by atoms with Gasteiger partial charge in [-0.05, 0) is 33.6 Å². The number of benzene rings is 1. The molecule has 1 N–H and O–H groups in total. The van der Waals surface area contributed by atoms with Gasteiger partial charge in [0.15, 0.2) is 5.75 Å². The van der Waals surface area contributed by atoms with Crippen molar-refractivity contribution < 1.29 is 26.7 Å². The number of hydrogen-bond donors (Lipinski definition) is 1. The number of halogens is 5. The van der Waals surface area contributed by atoms with Crippen molar-refractivity contribution in [2.45, 2.75) is 6.42 Å². The Bertz CT molecular complexity index is 453. The Kier molecular flexibility index (Phi) is 6.83. The molecule has 8 heteroatoms. The highest BCUT2D eigenvalue weighted by molar-refractivity contribution is 5.29. The van der Waals surface area contributed by atoms with Gasteiger partial charge in [-0.2, -0.15) is 8.78 Å². The zero-order valence-electron chi connectivity index (χ0n) is 11.8. The normalized spacial score (nSPS) is 11.2. The first-order chi connectivity index (χ1) is 9.86. The standard InChI is InChI=1S/C13H17F5N2O/c1-20(2)6-3-4-19-5-7-21-13-11(17)9(15)8(14)10(16)12(13)18/h19H,3-7H2,1-2H3.